The Morgan fingerprint density at radius 1 is 1.62 bits per heavy atom. The zero-order valence-corrected chi connectivity index (χ0v) is 7.59. The van der Waals surface area contributed by atoms with Crippen LogP contribution >= 0.6 is 11.6 Å². The van der Waals surface area contributed by atoms with Crippen molar-refractivity contribution in [1.82, 2.24) is 0 Å². The number of carbonyl (C=O) groups is 1. The van der Waals surface area contributed by atoms with Gasteiger partial charge in [-0.15, -0.1) is 0 Å². The summed E-state index contributed by atoms with van der Waals surface area (Å²) in [7, 11) is 0. The molecular weight excluding hydrogens is 193 g/mol. The van der Waals surface area contributed by atoms with Gasteiger partial charge < -0.3 is 10.5 Å². The second-order valence-electron chi connectivity index (χ2n) is 2.74. The van der Waals surface area contributed by atoms with Gasteiger partial charge in [-0.3, -0.25) is 0 Å². The van der Waals surface area contributed by atoms with Gasteiger partial charge in [-0.25, -0.2) is 4.39 Å². The monoisotopic (exact) mass is 201 g/mol. The highest BCUT2D eigenvalue weighted by molar-refractivity contribution is 6.31. The molecule has 0 radical (unpaired) electrons. The van der Waals surface area contributed by atoms with Gasteiger partial charge in [0.1, 0.15) is 12.1 Å². The Kier molecular flexibility index (Phi) is 3.39. The third-order valence-corrected chi connectivity index (χ3v) is 2.01. The Labute approximate surface area is 80.5 Å². The van der Waals surface area contributed by atoms with Gasteiger partial charge in [0.25, 0.3) is 0 Å². The zero-order valence-electron chi connectivity index (χ0n) is 6.84. The van der Waals surface area contributed by atoms with Crippen LogP contribution in [0.25, 0.3) is 0 Å². The molecule has 1 rings (SSSR count). The van der Waals surface area contributed by atoms with Crippen LogP contribution in [-0.2, 0) is 11.2 Å². The van der Waals surface area contributed by atoms with Crippen molar-refractivity contribution in [1.29, 1.82) is 0 Å². The van der Waals surface area contributed by atoms with E-state index in [0.29, 0.717) is 16.9 Å². The van der Waals surface area contributed by atoms with Gasteiger partial charge in [-0.05, 0) is 30.2 Å². The third-order valence-electron chi connectivity index (χ3n) is 1.64. The molecule has 0 saturated heterocycles. The molecule has 1 atom stereocenters. The van der Waals surface area contributed by atoms with Gasteiger partial charge in [0.2, 0.25) is 0 Å². The molecule has 0 amide bonds. The van der Waals surface area contributed by atoms with E-state index in [1.807, 2.05) is 0 Å². The largest absolute Gasteiger partial charge is 0.321 e. The fraction of sp³-hybridized carbons (Fsp3) is 0.222. The summed E-state index contributed by atoms with van der Waals surface area (Å²) in [6.07, 6.45) is 0.876. The van der Waals surface area contributed by atoms with Crippen molar-refractivity contribution in [3.05, 3.63) is 34.6 Å². The minimum Gasteiger partial charge on any atom is -0.321 e. The molecule has 0 spiro atoms. The Morgan fingerprint density at radius 2 is 2.31 bits per heavy atom. The highest BCUT2D eigenvalue weighted by Gasteiger charge is 2.06. The first-order valence-corrected chi connectivity index (χ1v) is 4.16. The lowest BCUT2D eigenvalue weighted by Crippen LogP contribution is -2.24. The van der Waals surface area contributed by atoms with Gasteiger partial charge in [0.05, 0.1) is 6.04 Å². The molecule has 0 aliphatic rings. The molecule has 70 valence electrons. The lowest BCUT2D eigenvalue weighted by atomic mass is 10.1. The topological polar surface area (TPSA) is 43.1 Å². The quantitative estimate of drug-likeness (QED) is 0.754. The van der Waals surface area contributed by atoms with Crippen molar-refractivity contribution in [3.8, 4) is 0 Å². The van der Waals surface area contributed by atoms with Crippen LogP contribution in [0, 0.1) is 5.82 Å². The molecule has 0 aliphatic heterocycles. The number of benzene rings is 1. The predicted octanol–water partition coefficient (Wildman–Crippen LogP) is 1.55. The Hall–Kier alpha value is -0.930. The molecule has 1 aromatic rings. The predicted molar refractivity (Wildman–Crippen MR) is 49.2 cm³/mol. The lowest BCUT2D eigenvalue weighted by Gasteiger charge is -2.05. The van der Waals surface area contributed by atoms with Crippen LogP contribution in [0.1, 0.15) is 5.56 Å². The summed E-state index contributed by atoms with van der Waals surface area (Å²) in [6.45, 7) is 0. The fourth-order valence-corrected chi connectivity index (χ4v) is 1.20. The number of hydrogen-bond acceptors (Lipinski definition) is 2. The van der Waals surface area contributed by atoms with E-state index in [2.05, 4.69) is 0 Å². The van der Waals surface area contributed by atoms with Gasteiger partial charge >= 0.3 is 0 Å². The average molecular weight is 202 g/mol. The number of aldehydes is 1. The van der Waals surface area contributed by atoms with Crippen molar-refractivity contribution < 1.29 is 9.18 Å². The first kappa shape index (κ1) is 10.2. The summed E-state index contributed by atoms with van der Waals surface area (Å²) in [5.41, 5.74) is 5.93. The maximum Gasteiger partial charge on any atom is 0.137 e. The summed E-state index contributed by atoms with van der Waals surface area (Å²) in [4.78, 5) is 10.2. The van der Waals surface area contributed by atoms with Gasteiger partial charge in [0.15, 0.2) is 0 Å². The SMILES string of the molecule is NC(C=O)Cc1cc(F)ccc1Cl. The van der Waals surface area contributed by atoms with E-state index >= 15 is 0 Å². The van der Waals surface area contributed by atoms with Crippen LogP contribution in [-0.4, -0.2) is 12.3 Å². The number of carbonyl (C=O) groups excluding carboxylic acids is 1. The number of halogens is 2. The van der Waals surface area contributed by atoms with E-state index in [9.17, 15) is 9.18 Å². The van der Waals surface area contributed by atoms with E-state index in [1.165, 1.54) is 18.2 Å². The van der Waals surface area contributed by atoms with Crippen molar-refractivity contribution in [2.75, 3.05) is 0 Å². The lowest BCUT2D eigenvalue weighted by molar-refractivity contribution is -0.108. The zero-order chi connectivity index (χ0) is 9.84. The maximum atomic E-state index is 12.7. The van der Waals surface area contributed by atoms with Crippen LogP contribution in [0.2, 0.25) is 5.02 Å². The average Bonchev–Trinajstić information content (AvgIpc) is 2.11. The number of hydrogen-bond donors (Lipinski definition) is 1. The molecule has 0 aliphatic carbocycles. The molecule has 4 heteroatoms. The van der Waals surface area contributed by atoms with Gasteiger partial charge in [-0.2, -0.15) is 0 Å². The van der Waals surface area contributed by atoms with E-state index in [-0.39, 0.29) is 12.2 Å². The summed E-state index contributed by atoms with van der Waals surface area (Å²) in [5, 5.41) is 0.429. The van der Waals surface area contributed by atoms with Crippen molar-refractivity contribution >= 4 is 17.9 Å². The van der Waals surface area contributed by atoms with Crippen LogP contribution in [0.3, 0.4) is 0 Å². The molecule has 1 aromatic carbocycles. The molecule has 0 bridgehead atoms. The first-order valence-electron chi connectivity index (χ1n) is 3.78. The highest BCUT2D eigenvalue weighted by atomic mass is 35.5. The normalized spacial score (nSPS) is 12.5. The summed E-state index contributed by atoms with van der Waals surface area (Å²) >= 11 is 5.76. The third kappa shape index (κ3) is 2.79. The second-order valence-corrected chi connectivity index (χ2v) is 3.15. The molecule has 0 saturated carbocycles. The first-order chi connectivity index (χ1) is 6.13. The fourth-order valence-electron chi connectivity index (χ4n) is 1.00. The number of nitrogens with two attached hydrogens (primary N) is 1. The Bertz CT molecular complexity index is 316. The van der Waals surface area contributed by atoms with E-state index in [4.69, 9.17) is 17.3 Å². The smallest absolute Gasteiger partial charge is 0.137 e. The van der Waals surface area contributed by atoms with E-state index < -0.39 is 6.04 Å². The minimum absolute atomic E-state index is 0.264. The van der Waals surface area contributed by atoms with E-state index in [0.717, 1.165) is 0 Å². The van der Waals surface area contributed by atoms with Gasteiger partial charge in [0, 0.05) is 5.02 Å². The standard InChI is InChI=1S/C9H9ClFNO/c10-9-2-1-7(11)3-6(9)4-8(12)5-13/h1-3,5,8H,4,12H2. The van der Waals surface area contributed by atoms with Crippen molar-refractivity contribution in [2.24, 2.45) is 5.73 Å². The van der Waals surface area contributed by atoms with Crippen molar-refractivity contribution in [2.45, 2.75) is 12.5 Å². The summed E-state index contributed by atoms with van der Waals surface area (Å²) in [5.74, 6) is -0.377. The number of rotatable bonds is 3. The Morgan fingerprint density at radius 3 is 2.92 bits per heavy atom. The molecule has 2 nitrogen and oxygen atoms in total. The summed E-state index contributed by atoms with van der Waals surface area (Å²) in [6, 6.07) is 3.37. The molecule has 0 fully saturated rings. The molecule has 0 aromatic heterocycles. The van der Waals surface area contributed by atoms with Crippen LogP contribution < -0.4 is 5.73 Å². The van der Waals surface area contributed by atoms with E-state index in [1.54, 1.807) is 0 Å². The molecule has 1 unspecified atom stereocenters. The minimum atomic E-state index is -0.626. The molecule has 0 heterocycles. The van der Waals surface area contributed by atoms with Gasteiger partial charge in [-0.1, -0.05) is 11.6 Å². The van der Waals surface area contributed by atoms with Crippen molar-refractivity contribution in [3.63, 3.8) is 0 Å². The molecule has 2 N–H and O–H groups in total. The second kappa shape index (κ2) is 4.35. The Balaban J connectivity index is 2.86. The van der Waals surface area contributed by atoms with Crippen LogP contribution in [0.4, 0.5) is 4.39 Å². The molecule has 13 heavy (non-hydrogen) atoms. The summed E-state index contributed by atoms with van der Waals surface area (Å²) < 4.78 is 12.7. The molecular formula is C9H9ClFNO. The highest BCUT2D eigenvalue weighted by Crippen LogP contribution is 2.17. The van der Waals surface area contributed by atoms with Crippen LogP contribution in [0.15, 0.2) is 18.2 Å². The van der Waals surface area contributed by atoms with Crippen LogP contribution in [0.5, 0.6) is 0 Å². The maximum absolute atomic E-state index is 12.7.